The summed E-state index contributed by atoms with van der Waals surface area (Å²) in [6, 6.07) is 13.7. The summed E-state index contributed by atoms with van der Waals surface area (Å²) < 4.78 is 1.67. The van der Waals surface area contributed by atoms with E-state index >= 15 is 0 Å². The van der Waals surface area contributed by atoms with E-state index in [2.05, 4.69) is 43.0 Å². The number of piperazine rings is 1. The van der Waals surface area contributed by atoms with Crippen LogP contribution in [-0.2, 0) is 11.3 Å². The Kier molecular flexibility index (Phi) is 5.45. The van der Waals surface area contributed by atoms with Crippen molar-refractivity contribution in [2.24, 2.45) is 0 Å². The van der Waals surface area contributed by atoms with Gasteiger partial charge in [0.2, 0.25) is 5.91 Å². The Labute approximate surface area is 154 Å². The van der Waals surface area contributed by atoms with Crippen molar-refractivity contribution in [2.45, 2.75) is 39.8 Å². The Morgan fingerprint density at radius 2 is 1.85 bits per heavy atom. The first-order valence-electron chi connectivity index (χ1n) is 9.24. The minimum atomic E-state index is -0.0461. The smallest absolute Gasteiger partial charge is 0.250 e. The van der Waals surface area contributed by atoms with Crippen LogP contribution in [0.25, 0.3) is 0 Å². The fourth-order valence-electron chi connectivity index (χ4n) is 3.73. The third-order valence-corrected chi connectivity index (χ3v) is 5.22. The van der Waals surface area contributed by atoms with Crippen molar-refractivity contribution in [1.82, 2.24) is 9.47 Å². The highest BCUT2D eigenvalue weighted by atomic mass is 16.2. The molecule has 138 valence electrons. The fourth-order valence-corrected chi connectivity index (χ4v) is 3.73. The number of aryl methyl sites for hydroxylation is 2. The fraction of sp³-hybridized carbons (Fsp3) is 0.429. The predicted molar refractivity (Wildman–Crippen MR) is 105 cm³/mol. The molecule has 1 fully saturated rings. The molecule has 0 radical (unpaired) electrons. The van der Waals surface area contributed by atoms with Crippen molar-refractivity contribution in [3.8, 4) is 0 Å². The van der Waals surface area contributed by atoms with Crippen molar-refractivity contribution in [3.05, 3.63) is 64.1 Å². The normalized spacial score (nSPS) is 17.4. The predicted octanol–water partition coefficient (Wildman–Crippen LogP) is 2.59. The Balaban J connectivity index is 1.62. The Hall–Kier alpha value is -2.56. The van der Waals surface area contributed by atoms with Crippen molar-refractivity contribution in [2.75, 3.05) is 24.5 Å². The second kappa shape index (κ2) is 7.77. The van der Waals surface area contributed by atoms with Gasteiger partial charge in [-0.05, 0) is 38.5 Å². The van der Waals surface area contributed by atoms with Crippen LogP contribution in [0.4, 0.5) is 5.69 Å². The van der Waals surface area contributed by atoms with Crippen LogP contribution in [0, 0.1) is 13.8 Å². The number of nitrogens with zero attached hydrogens (tertiary/aromatic N) is 3. The highest BCUT2D eigenvalue weighted by Crippen LogP contribution is 2.23. The van der Waals surface area contributed by atoms with Crippen LogP contribution in [0.15, 0.2) is 47.3 Å². The van der Waals surface area contributed by atoms with Gasteiger partial charge in [-0.2, -0.15) is 0 Å². The van der Waals surface area contributed by atoms with Crippen molar-refractivity contribution in [3.63, 3.8) is 0 Å². The van der Waals surface area contributed by atoms with Gasteiger partial charge in [0.05, 0.1) is 0 Å². The van der Waals surface area contributed by atoms with Crippen LogP contribution >= 0.6 is 0 Å². The maximum atomic E-state index is 12.7. The summed E-state index contributed by atoms with van der Waals surface area (Å²) in [4.78, 5) is 29.0. The summed E-state index contributed by atoms with van der Waals surface area (Å²) in [5, 5.41) is 0. The summed E-state index contributed by atoms with van der Waals surface area (Å²) in [7, 11) is 0. The maximum Gasteiger partial charge on any atom is 0.250 e. The second-order valence-corrected chi connectivity index (χ2v) is 7.08. The molecule has 1 aliphatic rings. The number of rotatable bonds is 4. The Bertz CT molecular complexity index is 843. The van der Waals surface area contributed by atoms with E-state index in [-0.39, 0.29) is 17.5 Å². The summed E-state index contributed by atoms with van der Waals surface area (Å²) in [6.45, 7) is 8.95. The van der Waals surface area contributed by atoms with Crippen LogP contribution in [-0.4, -0.2) is 41.1 Å². The van der Waals surface area contributed by atoms with E-state index < -0.39 is 0 Å². The molecule has 0 saturated carbocycles. The molecule has 2 heterocycles. The first kappa shape index (κ1) is 18.2. The third-order valence-electron chi connectivity index (χ3n) is 5.22. The monoisotopic (exact) mass is 353 g/mol. The Morgan fingerprint density at radius 1 is 1.08 bits per heavy atom. The molecule has 1 aromatic heterocycles. The lowest BCUT2D eigenvalue weighted by atomic mass is 10.1. The molecule has 3 rings (SSSR count). The molecule has 0 aliphatic carbocycles. The van der Waals surface area contributed by atoms with E-state index in [0.29, 0.717) is 13.0 Å². The van der Waals surface area contributed by atoms with Gasteiger partial charge in [0.15, 0.2) is 0 Å². The summed E-state index contributed by atoms with van der Waals surface area (Å²) in [5.74, 6) is 0.122. The van der Waals surface area contributed by atoms with Crippen LogP contribution < -0.4 is 10.5 Å². The van der Waals surface area contributed by atoms with Crippen LogP contribution in [0.2, 0.25) is 0 Å². The minimum Gasteiger partial charge on any atom is -0.367 e. The van der Waals surface area contributed by atoms with Gasteiger partial charge in [0.25, 0.3) is 5.56 Å². The van der Waals surface area contributed by atoms with Crippen LogP contribution in [0.1, 0.15) is 24.6 Å². The van der Waals surface area contributed by atoms with E-state index in [4.69, 9.17) is 0 Å². The molecule has 0 spiro atoms. The molecule has 5 heteroatoms. The molecule has 1 amide bonds. The molecular weight excluding hydrogens is 326 g/mol. The van der Waals surface area contributed by atoms with Crippen LogP contribution in [0.3, 0.4) is 0 Å². The number of amides is 1. The summed E-state index contributed by atoms with van der Waals surface area (Å²) in [6.07, 6.45) is 0.361. The SMILES string of the molecule is Cc1ccccc1N1CCN(C(=O)CCn2c(C)cccc2=O)[C@@H](C)C1. The van der Waals surface area contributed by atoms with Gasteiger partial charge in [-0.3, -0.25) is 9.59 Å². The molecule has 5 nitrogen and oxygen atoms in total. The van der Waals surface area contributed by atoms with Gasteiger partial charge in [0.1, 0.15) is 0 Å². The average molecular weight is 353 g/mol. The summed E-state index contributed by atoms with van der Waals surface area (Å²) in [5.41, 5.74) is 3.36. The average Bonchev–Trinajstić information content (AvgIpc) is 2.61. The molecule has 1 aliphatic heterocycles. The van der Waals surface area contributed by atoms with E-state index in [0.717, 1.165) is 25.3 Å². The van der Waals surface area contributed by atoms with E-state index in [1.807, 2.05) is 17.9 Å². The molecule has 26 heavy (non-hydrogen) atoms. The molecule has 0 bridgehead atoms. The van der Waals surface area contributed by atoms with E-state index in [9.17, 15) is 9.59 Å². The second-order valence-electron chi connectivity index (χ2n) is 7.08. The zero-order chi connectivity index (χ0) is 18.7. The maximum absolute atomic E-state index is 12.7. The highest BCUT2D eigenvalue weighted by molar-refractivity contribution is 5.77. The number of benzene rings is 1. The number of anilines is 1. The van der Waals surface area contributed by atoms with Crippen LogP contribution in [0.5, 0.6) is 0 Å². The number of para-hydroxylation sites is 1. The lowest BCUT2D eigenvalue weighted by Crippen LogP contribution is -2.54. The van der Waals surface area contributed by atoms with E-state index in [1.54, 1.807) is 16.7 Å². The zero-order valence-corrected chi connectivity index (χ0v) is 15.8. The van der Waals surface area contributed by atoms with E-state index in [1.165, 1.54) is 11.3 Å². The zero-order valence-electron chi connectivity index (χ0n) is 15.8. The van der Waals surface area contributed by atoms with Crippen molar-refractivity contribution >= 4 is 11.6 Å². The standard InChI is InChI=1S/C21H27N3O2/c1-16-7-4-5-9-19(16)22-13-14-24(18(3)15-22)21(26)11-12-23-17(2)8-6-10-20(23)25/h4-10,18H,11-15H2,1-3H3/t18-/m0/s1. The summed E-state index contributed by atoms with van der Waals surface area (Å²) >= 11 is 0. The molecule has 0 N–H and O–H groups in total. The highest BCUT2D eigenvalue weighted by Gasteiger charge is 2.27. The van der Waals surface area contributed by atoms with Crippen molar-refractivity contribution < 1.29 is 4.79 Å². The van der Waals surface area contributed by atoms with Gasteiger partial charge < -0.3 is 14.4 Å². The van der Waals surface area contributed by atoms with Gasteiger partial charge in [-0.15, -0.1) is 0 Å². The lowest BCUT2D eigenvalue weighted by Gasteiger charge is -2.41. The number of pyridine rings is 1. The first-order chi connectivity index (χ1) is 12.5. The minimum absolute atomic E-state index is 0.0461. The van der Waals surface area contributed by atoms with Gasteiger partial charge in [-0.25, -0.2) is 0 Å². The number of aromatic nitrogens is 1. The number of carbonyl (C=O) groups excluding carboxylic acids is 1. The molecule has 1 aromatic carbocycles. The quantitative estimate of drug-likeness (QED) is 0.849. The Morgan fingerprint density at radius 3 is 2.54 bits per heavy atom. The third kappa shape index (κ3) is 3.82. The molecule has 2 aromatic rings. The van der Waals surface area contributed by atoms with Gasteiger partial charge in [0, 0.05) is 56.1 Å². The topological polar surface area (TPSA) is 45.5 Å². The first-order valence-corrected chi connectivity index (χ1v) is 9.24. The number of hydrogen-bond donors (Lipinski definition) is 0. The van der Waals surface area contributed by atoms with Gasteiger partial charge in [-0.1, -0.05) is 24.3 Å². The van der Waals surface area contributed by atoms with Gasteiger partial charge >= 0.3 is 0 Å². The largest absolute Gasteiger partial charge is 0.367 e. The van der Waals surface area contributed by atoms with Crippen molar-refractivity contribution in [1.29, 1.82) is 0 Å². The number of carbonyl (C=O) groups is 1. The molecular formula is C21H27N3O2. The number of hydrogen-bond acceptors (Lipinski definition) is 3. The lowest BCUT2D eigenvalue weighted by molar-refractivity contribution is -0.133. The molecule has 1 saturated heterocycles. The molecule has 0 unspecified atom stereocenters. The molecule has 1 atom stereocenters.